The smallest absolute Gasteiger partial charge is 0.271 e. The van der Waals surface area contributed by atoms with Gasteiger partial charge in [0.05, 0.1) is 15.6 Å². The summed E-state index contributed by atoms with van der Waals surface area (Å²) >= 11 is 6.33. The molecule has 1 aliphatic carbocycles. The molecule has 0 aromatic heterocycles. The van der Waals surface area contributed by atoms with Gasteiger partial charge < -0.3 is 4.74 Å². The van der Waals surface area contributed by atoms with Crippen molar-refractivity contribution in [2.24, 2.45) is 0 Å². The van der Waals surface area contributed by atoms with E-state index in [1.165, 1.54) is 23.1 Å². The molecule has 2 aliphatic rings. The van der Waals surface area contributed by atoms with E-state index in [1.807, 2.05) is 12.1 Å². The molecule has 0 bridgehead atoms. The molecule has 2 aromatic rings. The van der Waals surface area contributed by atoms with Crippen LogP contribution in [0.25, 0.3) is 0 Å². The van der Waals surface area contributed by atoms with E-state index in [4.69, 9.17) is 16.3 Å². The van der Waals surface area contributed by atoms with E-state index in [-0.39, 0.29) is 40.4 Å². The van der Waals surface area contributed by atoms with Gasteiger partial charge in [0.25, 0.3) is 5.69 Å². The number of nitro benzene ring substituents is 1. The minimum absolute atomic E-state index is 0.0118. The monoisotopic (exact) mass is 452 g/mol. The van der Waals surface area contributed by atoms with Crippen molar-refractivity contribution in [2.45, 2.75) is 31.6 Å². The third-order valence-electron chi connectivity index (χ3n) is 5.71. The topological polar surface area (TPSA) is 89.8 Å². The Kier molecular flexibility index (Phi) is 6.10. The lowest BCUT2D eigenvalue weighted by molar-refractivity contribution is -0.384. The van der Waals surface area contributed by atoms with Gasteiger partial charge in [-0.3, -0.25) is 24.6 Å². The lowest BCUT2D eigenvalue weighted by Crippen LogP contribution is -2.40. The molecule has 1 amide bonds. The standard InChI is InChI=1S/C24H21ClN2O5/c1-2-12-32-17-9-6-15(7-10-17)18-14-23(29)26(20-4-3-5-22(28)24(18)20)21-13-16(27(30)31)8-11-19(21)25/h2,6-11,13,18H,1,3-5,12,14H2. The van der Waals surface area contributed by atoms with Crippen LogP contribution in [0.4, 0.5) is 11.4 Å². The number of benzene rings is 2. The molecule has 32 heavy (non-hydrogen) atoms. The molecule has 1 heterocycles. The van der Waals surface area contributed by atoms with Crippen LogP contribution in [0.3, 0.4) is 0 Å². The highest BCUT2D eigenvalue weighted by atomic mass is 35.5. The summed E-state index contributed by atoms with van der Waals surface area (Å²) in [6.45, 7) is 4.01. The molecule has 1 aliphatic heterocycles. The minimum Gasteiger partial charge on any atom is -0.490 e. The lowest BCUT2D eigenvalue weighted by Gasteiger charge is -2.38. The molecular weight excluding hydrogens is 432 g/mol. The van der Waals surface area contributed by atoms with Crippen molar-refractivity contribution in [1.29, 1.82) is 0 Å². The molecule has 164 valence electrons. The molecule has 2 aromatic carbocycles. The second kappa shape index (κ2) is 8.96. The number of ether oxygens (including phenoxy) is 1. The molecule has 0 fully saturated rings. The molecular formula is C24H21ClN2O5. The van der Waals surface area contributed by atoms with E-state index in [0.29, 0.717) is 42.9 Å². The highest BCUT2D eigenvalue weighted by Gasteiger charge is 2.40. The quantitative estimate of drug-likeness (QED) is 0.335. The number of halogens is 1. The zero-order chi connectivity index (χ0) is 22.8. The number of anilines is 1. The van der Waals surface area contributed by atoms with Crippen LogP contribution in [0.5, 0.6) is 5.75 Å². The zero-order valence-corrected chi connectivity index (χ0v) is 18.0. The van der Waals surface area contributed by atoms with Crippen LogP contribution in [0, 0.1) is 10.1 Å². The molecule has 1 atom stereocenters. The number of Topliss-reactive ketones (excluding diaryl/α,β-unsaturated/α-hetero) is 1. The maximum atomic E-state index is 13.3. The lowest BCUT2D eigenvalue weighted by atomic mass is 9.77. The van der Waals surface area contributed by atoms with Crippen LogP contribution in [0.15, 0.2) is 66.4 Å². The van der Waals surface area contributed by atoms with Gasteiger partial charge >= 0.3 is 0 Å². The summed E-state index contributed by atoms with van der Waals surface area (Å²) < 4.78 is 5.52. The molecule has 4 rings (SSSR count). The second-order valence-electron chi connectivity index (χ2n) is 7.68. The number of nitro groups is 1. The van der Waals surface area contributed by atoms with Gasteiger partial charge in [-0.15, -0.1) is 0 Å². The van der Waals surface area contributed by atoms with Crippen molar-refractivity contribution in [3.63, 3.8) is 0 Å². The number of non-ortho nitro benzene ring substituents is 1. The number of nitrogens with zero attached hydrogens (tertiary/aromatic N) is 2. The Labute approximate surface area is 190 Å². The molecule has 8 heteroatoms. The van der Waals surface area contributed by atoms with Crippen LogP contribution in [-0.4, -0.2) is 23.2 Å². The largest absolute Gasteiger partial charge is 0.490 e. The molecule has 1 unspecified atom stereocenters. The van der Waals surface area contributed by atoms with Gasteiger partial charge in [0.2, 0.25) is 5.91 Å². The van der Waals surface area contributed by atoms with Gasteiger partial charge in [0.15, 0.2) is 5.78 Å². The van der Waals surface area contributed by atoms with Gasteiger partial charge in [-0.1, -0.05) is 36.4 Å². The molecule has 7 nitrogen and oxygen atoms in total. The average Bonchev–Trinajstić information content (AvgIpc) is 2.78. The number of carbonyl (C=O) groups is 2. The Morgan fingerprint density at radius 2 is 1.94 bits per heavy atom. The van der Waals surface area contributed by atoms with Gasteiger partial charge in [0, 0.05) is 42.2 Å². The normalized spacial score (nSPS) is 18.4. The van der Waals surface area contributed by atoms with Crippen LogP contribution in [0.2, 0.25) is 5.02 Å². The van der Waals surface area contributed by atoms with E-state index in [2.05, 4.69) is 6.58 Å². The maximum Gasteiger partial charge on any atom is 0.271 e. The maximum absolute atomic E-state index is 13.3. The molecule has 0 N–H and O–H groups in total. The fourth-order valence-corrected chi connectivity index (χ4v) is 4.50. The Hall–Kier alpha value is -3.45. The number of rotatable bonds is 6. The number of allylic oxidation sites excluding steroid dienone is 2. The number of hydrogen-bond acceptors (Lipinski definition) is 5. The SMILES string of the molecule is C=CCOc1ccc(C2CC(=O)N(c3cc([N+](=O)[O-])ccc3Cl)C3=C2C(=O)CCC3)cc1. The van der Waals surface area contributed by atoms with Crippen LogP contribution in [0.1, 0.15) is 37.2 Å². The van der Waals surface area contributed by atoms with Crippen molar-refractivity contribution in [3.05, 3.63) is 87.1 Å². The Morgan fingerprint density at radius 3 is 2.62 bits per heavy atom. The van der Waals surface area contributed by atoms with Gasteiger partial charge in [-0.05, 0) is 36.6 Å². The van der Waals surface area contributed by atoms with E-state index >= 15 is 0 Å². The Bertz CT molecular complexity index is 1140. The predicted octanol–water partition coefficient (Wildman–Crippen LogP) is 5.34. The average molecular weight is 453 g/mol. The summed E-state index contributed by atoms with van der Waals surface area (Å²) in [4.78, 5) is 38.4. The molecule has 0 spiro atoms. The summed E-state index contributed by atoms with van der Waals surface area (Å²) in [7, 11) is 0. The van der Waals surface area contributed by atoms with E-state index in [0.717, 1.165) is 5.56 Å². The second-order valence-corrected chi connectivity index (χ2v) is 8.09. The zero-order valence-electron chi connectivity index (χ0n) is 17.3. The first kappa shape index (κ1) is 21.8. The summed E-state index contributed by atoms with van der Waals surface area (Å²) in [5, 5.41) is 11.5. The highest BCUT2D eigenvalue weighted by molar-refractivity contribution is 6.34. The number of hydrogen-bond donors (Lipinski definition) is 0. The predicted molar refractivity (Wildman–Crippen MR) is 121 cm³/mol. The number of amides is 1. The Morgan fingerprint density at radius 1 is 1.19 bits per heavy atom. The number of ketones is 1. The highest BCUT2D eigenvalue weighted by Crippen LogP contribution is 2.45. The van der Waals surface area contributed by atoms with E-state index in [9.17, 15) is 19.7 Å². The molecule has 0 saturated carbocycles. The third kappa shape index (κ3) is 4.03. The van der Waals surface area contributed by atoms with Crippen molar-refractivity contribution in [3.8, 4) is 5.75 Å². The fraction of sp³-hybridized carbons (Fsp3) is 0.250. The van der Waals surface area contributed by atoms with Crippen LogP contribution < -0.4 is 9.64 Å². The minimum atomic E-state index is -0.533. The van der Waals surface area contributed by atoms with Crippen molar-refractivity contribution in [2.75, 3.05) is 11.5 Å². The summed E-state index contributed by atoms with van der Waals surface area (Å²) in [6, 6.07) is 11.3. The van der Waals surface area contributed by atoms with E-state index in [1.54, 1.807) is 18.2 Å². The van der Waals surface area contributed by atoms with Crippen molar-refractivity contribution < 1.29 is 19.2 Å². The molecule has 0 radical (unpaired) electrons. The van der Waals surface area contributed by atoms with Gasteiger partial charge in [-0.2, -0.15) is 0 Å². The van der Waals surface area contributed by atoms with Crippen LogP contribution in [-0.2, 0) is 9.59 Å². The fourth-order valence-electron chi connectivity index (χ4n) is 4.29. The van der Waals surface area contributed by atoms with E-state index < -0.39 is 4.92 Å². The van der Waals surface area contributed by atoms with Crippen molar-refractivity contribution in [1.82, 2.24) is 0 Å². The summed E-state index contributed by atoms with van der Waals surface area (Å²) in [5.41, 5.74) is 2.07. The van der Waals surface area contributed by atoms with Gasteiger partial charge in [-0.25, -0.2) is 0 Å². The summed E-state index contributed by atoms with van der Waals surface area (Å²) in [5.74, 6) is 0.0255. The molecule has 0 saturated heterocycles. The van der Waals surface area contributed by atoms with Crippen molar-refractivity contribution >= 4 is 34.7 Å². The summed E-state index contributed by atoms with van der Waals surface area (Å²) in [6.07, 6.45) is 3.24. The first-order chi connectivity index (χ1) is 15.4. The Balaban J connectivity index is 1.79. The first-order valence-electron chi connectivity index (χ1n) is 10.3. The third-order valence-corrected chi connectivity index (χ3v) is 6.03. The van der Waals surface area contributed by atoms with Gasteiger partial charge in [0.1, 0.15) is 12.4 Å². The first-order valence-corrected chi connectivity index (χ1v) is 10.6. The number of carbonyl (C=O) groups excluding carboxylic acids is 2. The van der Waals surface area contributed by atoms with Crippen LogP contribution >= 0.6 is 11.6 Å².